The van der Waals surface area contributed by atoms with E-state index < -0.39 is 0 Å². The molecule has 0 unspecified atom stereocenters. The molecule has 0 fully saturated rings. The third-order valence-electron chi connectivity index (χ3n) is 3.10. The van der Waals surface area contributed by atoms with E-state index in [9.17, 15) is 0 Å². The maximum Gasteiger partial charge on any atom is 0.128 e. The Labute approximate surface area is 132 Å². The molecule has 0 aliphatic carbocycles. The molecule has 0 heterocycles. The van der Waals surface area contributed by atoms with Gasteiger partial charge in [0.1, 0.15) is 5.75 Å². The molecule has 0 bridgehead atoms. The molecule has 0 aliphatic heterocycles. The van der Waals surface area contributed by atoms with Crippen molar-refractivity contribution >= 4 is 11.9 Å². The van der Waals surface area contributed by atoms with Gasteiger partial charge in [-0.1, -0.05) is 30.3 Å². The maximum atomic E-state index is 5.84. The second-order valence-electron chi connectivity index (χ2n) is 5.28. The third kappa shape index (κ3) is 5.58. The van der Waals surface area contributed by atoms with E-state index in [1.807, 2.05) is 54.6 Å². The first kappa shape index (κ1) is 16.0. The minimum atomic E-state index is 0.704. The van der Waals surface area contributed by atoms with Crippen molar-refractivity contribution in [2.45, 2.75) is 6.42 Å². The molecule has 0 aromatic heterocycles. The van der Waals surface area contributed by atoms with Gasteiger partial charge in [-0.3, -0.25) is 5.43 Å². The van der Waals surface area contributed by atoms with Crippen LogP contribution in [0.15, 0.2) is 59.7 Å². The van der Waals surface area contributed by atoms with Crippen molar-refractivity contribution in [3.63, 3.8) is 0 Å². The topological polar surface area (TPSA) is 36.9 Å². The van der Waals surface area contributed by atoms with Crippen molar-refractivity contribution in [3.8, 4) is 5.75 Å². The molecule has 4 nitrogen and oxygen atoms in total. The summed E-state index contributed by atoms with van der Waals surface area (Å²) in [6.45, 7) is 1.72. The molecule has 2 rings (SSSR count). The minimum absolute atomic E-state index is 0.704. The lowest BCUT2D eigenvalue weighted by Gasteiger charge is -2.11. The second-order valence-corrected chi connectivity index (χ2v) is 5.28. The molecule has 2 aromatic carbocycles. The molecule has 116 valence electrons. The Bertz CT molecular complexity index is 582. The molecule has 22 heavy (non-hydrogen) atoms. The fraction of sp³-hybridized carbons (Fsp3) is 0.278. The Balaban J connectivity index is 1.90. The van der Waals surface area contributed by atoms with Crippen LogP contribution in [0.1, 0.15) is 12.0 Å². The molecule has 0 amide bonds. The number of para-hydroxylation sites is 2. The lowest BCUT2D eigenvalue weighted by molar-refractivity contribution is 0.281. The number of hydrogen-bond donors (Lipinski definition) is 1. The summed E-state index contributed by atoms with van der Waals surface area (Å²) in [5, 5.41) is 4.27. The highest BCUT2D eigenvalue weighted by Crippen LogP contribution is 2.16. The monoisotopic (exact) mass is 297 g/mol. The van der Waals surface area contributed by atoms with E-state index in [-0.39, 0.29) is 0 Å². The van der Waals surface area contributed by atoms with Gasteiger partial charge in [0.05, 0.1) is 18.5 Å². The summed E-state index contributed by atoms with van der Waals surface area (Å²) >= 11 is 0. The number of hydrogen-bond acceptors (Lipinski definition) is 4. The van der Waals surface area contributed by atoms with Gasteiger partial charge in [0.25, 0.3) is 0 Å². The van der Waals surface area contributed by atoms with Gasteiger partial charge in [0.15, 0.2) is 0 Å². The number of nitrogens with one attached hydrogen (secondary N) is 1. The zero-order valence-electron chi connectivity index (χ0n) is 13.2. The van der Waals surface area contributed by atoms with Crippen LogP contribution in [0, 0.1) is 0 Å². The van der Waals surface area contributed by atoms with Crippen molar-refractivity contribution in [2.24, 2.45) is 5.10 Å². The molecule has 4 heteroatoms. The third-order valence-corrected chi connectivity index (χ3v) is 3.10. The lowest BCUT2D eigenvalue weighted by Crippen LogP contribution is -2.15. The Morgan fingerprint density at radius 3 is 2.55 bits per heavy atom. The number of ether oxygens (including phenoxy) is 1. The summed E-state index contributed by atoms with van der Waals surface area (Å²) in [5.74, 6) is 0.861. The van der Waals surface area contributed by atoms with Crippen LogP contribution in [0.4, 0.5) is 5.69 Å². The van der Waals surface area contributed by atoms with E-state index in [1.54, 1.807) is 6.21 Å². The van der Waals surface area contributed by atoms with Crippen molar-refractivity contribution in [1.82, 2.24) is 4.90 Å². The van der Waals surface area contributed by atoms with Gasteiger partial charge in [0.2, 0.25) is 0 Å². The maximum absolute atomic E-state index is 5.84. The van der Waals surface area contributed by atoms with Gasteiger partial charge in [0, 0.05) is 12.1 Å². The van der Waals surface area contributed by atoms with Gasteiger partial charge >= 0.3 is 0 Å². The van der Waals surface area contributed by atoms with E-state index in [0.717, 1.165) is 30.0 Å². The molecule has 1 N–H and O–H groups in total. The summed E-state index contributed by atoms with van der Waals surface area (Å²) in [6.07, 6.45) is 2.79. The molecule has 0 atom stereocenters. The van der Waals surface area contributed by atoms with Crippen molar-refractivity contribution in [3.05, 3.63) is 60.2 Å². The summed E-state index contributed by atoms with van der Waals surface area (Å²) in [5.41, 5.74) is 4.94. The highest BCUT2D eigenvalue weighted by atomic mass is 16.5. The zero-order chi connectivity index (χ0) is 15.6. The van der Waals surface area contributed by atoms with Crippen LogP contribution in [-0.2, 0) is 0 Å². The highest BCUT2D eigenvalue weighted by Gasteiger charge is 2.00. The second kappa shape index (κ2) is 8.85. The van der Waals surface area contributed by atoms with Crippen LogP contribution in [-0.4, -0.2) is 38.4 Å². The average molecular weight is 297 g/mol. The summed E-state index contributed by atoms with van der Waals surface area (Å²) in [6, 6.07) is 17.8. The molecule has 0 saturated heterocycles. The predicted octanol–water partition coefficient (Wildman–Crippen LogP) is 3.46. The van der Waals surface area contributed by atoms with E-state index in [1.165, 1.54) is 0 Å². The standard InChI is InChI=1S/C18H23N3O/c1-21(2)13-8-14-22-18-12-7-6-9-16(18)15-19-20-17-10-4-3-5-11-17/h3-7,9-12,15,20H,8,13-14H2,1-2H3. The Morgan fingerprint density at radius 1 is 1.05 bits per heavy atom. The van der Waals surface area contributed by atoms with Crippen LogP contribution in [0.25, 0.3) is 0 Å². The first-order valence-electron chi connectivity index (χ1n) is 7.46. The zero-order valence-corrected chi connectivity index (χ0v) is 13.2. The largest absolute Gasteiger partial charge is 0.493 e. The fourth-order valence-corrected chi connectivity index (χ4v) is 1.97. The van der Waals surface area contributed by atoms with Gasteiger partial charge in [-0.05, 0) is 44.8 Å². The first-order valence-corrected chi connectivity index (χ1v) is 7.46. The molecule has 0 radical (unpaired) electrons. The molecule has 2 aromatic rings. The number of anilines is 1. The van der Waals surface area contributed by atoms with Gasteiger partial charge in [-0.2, -0.15) is 5.10 Å². The molecular formula is C18H23N3O. The number of rotatable bonds is 8. The summed E-state index contributed by atoms with van der Waals surface area (Å²) in [4.78, 5) is 2.15. The number of nitrogens with zero attached hydrogens (tertiary/aromatic N) is 2. The smallest absolute Gasteiger partial charge is 0.128 e. The van der Waals surface area contributed by atoms with Gasteiger partial charge < -0.3 is 9.64 Å². The first-order chi connectivity index (χ1) is 10.8. The molecular weight excluding hydrogens is 274 g/mol. The van der Waals surface area contributed by atoms with E-state index >= 15 is 0 Å². The summed E-state index contributed by atoms with van der Waals surface area (Å²) < 4.78 is 5.84. The predicted molar refractivity (Wildman–Crippen MR) is 92.8 cm³/mol. The van der Waals surface area contributed by atoms with E-state index in [0.29, 0.717) is 6.61 Å². The minimum Gasteiger partial charge on any atom is -0.493 e. The van der Waals surface area contributed by atoms with E-state index in [2.05, 4.69) is 29.5 Å². The van der Waals surface area contributed by atoms with Gasteiger partial charge in [-0.25, -0.2) is 0 Å². The fourth-order valence-electron chi connectivity index (χ4n) is 1.97. The quantitative estimate of drug-likeness (QED) is 0.460. The highest BCUT2D eigenvalue weighted by molar-refractivity contribution is 5.83. The van der Waals surface area contributed by atoms with Crippen molar-refractivity contribution in [2.75, 3.05) is 32.7 Å². The molecule has 0 spiro atoms. The molecule has 0 aliphatic rings. The normalized spacial score (nSPS) is 11.0. The Morgan fingerprint density at radius 2 is 1.77 bits per heavy atom. The average Bonchev–Trinajstić information content (AvgIpc) is 2.54. The molecule has 0 saturated carbocycles. The number of hydrazone groups is 1. The van der Waals surface area contributed by atoms with Crippen LogP contribution in [0.3, 0.4) is 0 Å². The van der Waals surface area contributed by atoms with Crippen LogP contribution < -0.4 is 10.2 Å². The summed E-state index contributed by atoms with van der Waals surface area (Å²) in [7, 11) is 4.13. The number of benzene rings is 2. The Kier molecular flexibility index (Phi) is 6.45. The van der Waals surface area contributed by atoms with Crippen LogP contribution in [0.2, 0.25) is 0 Å². The lowest BCUT2D eigenvalue weighted by atomic mass is 10.2. The van der Waals surface area contributed by atoms with Crippen molar-refractivity contribution in [1.29, 1.82) is 0 Å². The van der Waals surface area contributed by atoms with Crippen molar-refractivity contribution < 1.29 is 4.74 Å². The van der Waals surface area contributed by atoms with Crippen LogP contribution >= 0.6 is 0 Å². The Hall–Kier alpha value is -2.33. The SMILES string of the molecule is CN(C)CCCOc1ccccc1C=NNc1ccccc1. The van der Waals surface area contributed by atoms with Crippen LogP contribution in [0.5, 0.6) is 5.75 Å². The van der Waals surface area contributed by atoms with E-state index in [4.69, 9.17) is 4.74 Å². The van der Waals surface area contributed by atoms with Gasteiger partial charge in [-0.15, -0.1) is 0 Å².